The maximum atomic E-state index is 13.3. The zero-order valence-electron chi connectivity index (χ0n) is 10.3. The molecule has 0 amide bonds. The van der Waals surface area contributed by atoms with Crippen LogP contribution in [0.5, 0.6) is 0 Å². The first-order valence-corrected chi connectivity index (χ1v) is 5.42. The number of pyridine rings is 1. The second-order valence-corrected chi connectivity index (χ2v) is 4.24. The lowest BCUT2D eigenvalue weighted by atomic mass is 10.2. The number of cyclic esters (lactones) is 2. The van der Waals surface area contributed by atoms with Crippen LogP contribution in [0.25, 0.3) is 0 Å². The summed E-state index contributed by atoms with van der Waals surface area (Å²) in [6, 6.07) is 1.36. The van der Waals surface area contributed by atoms with E-state index >= 15 is 0 Å². The summed E-state index contributed by atoms with van der Waals surface area (Å²) in [7, 11) is 0. The minimum atomic E-state index is -1.30. The van der Waals surface area contributed by atoms with E-state index in [9.17, 15) is 14.0 Å². The molecule has 0 spiro atoms. The lowest BCUT2D eigenvalue weighted by molar-refractivity contribution is -0.222. The molecule has 1 aliphatic heterocycles. The smallest absolute Gasteiger partial charge is 0.350 e. The van der Waals surface area contributed by atoms with Crippen molar-refractivity contribution in [2.24, 2.45) is 0 Å². The van der Waals surface area contributed by atoms with Gasteiger partial charge in [0.15, 0.2) is 11.4 Å². The molecular weight excluding hydrogens is 255 g/mol. The van der Waals surface area contributed by atoms with E-state index < -0.39 is 23.5 Å². The van der Waals surface area contributed by atoms with Crippen LogP contribution < -0.4 is 5.32 Å². The second-order valence-electron chi connectivity index (χ2n) is 4.24. The molecule has 2 rings (SSSR count). The van der Waals surface area contributed by atoms with Gasteiger partial charge in [-0.15, -0.1) is 0 Å². The summed E-state index contributed by atoms with van der Waals surface area (Å²) in [5.74, 6) is -3.57. The molecule has 1 aromatic heterocycles. The summed E-state index contributed by atoms with van der Waals surface area (Å²) in [5, 5.41) is 2.49. The van der Waals surface area contributed by atoms with Crippen molar-refractivity contribution in [3.8, 4) is 0 Å². The van der Waals surface area contributed by atoms with Gasteiger partial charge in [0.25, 0.3) is 5.79 Å². The topological polar surface area (TPSA) is 77.5 Å². The van der Waals surface area contributed by atoms with Gasteiger partial charge in [-0.2, -0.15) is 0 Å². The van der Waals surface area contributed by atoms with Crippen molar-refractivity contribution in [1.29, 1.82) is 0 Å². The molecule has 0 unspecified atom stereocenters. The van der Waals surface area contributed by atoms with Crippen molar-refractivity contribution >= 4 is 17.6 Å². The number of carbonyl (C=O) groups excluding carboxylic acids is 2. The number of anilines is 1. The molecule has 1 saturated heterocycles. The van der Waals surface area contributed by atoms with Gasteiger partial charge in [0, 0.05) is 26.2 Å². The minimum absolute atomic E-state index is 0.0768. The van der Waals surface area contributed by atoms with Gasteiger partial charge in [0.05, 0.1) is 11.9 Å². The highest BCUT2D eigenvalue weighted by Crippen LogP contribution is 2.22. The highest BCUT2D eigenvalue weighted by atomic mass is 19.1. The van der Waals surface area contributed by atoms with E-state index in [-0.39, 0.29) is 11.3 Å². The van der Waals surface area contributed by atoms with Crippen LogP contribution in [0.4, 0.5) is 10.1 Å². The predicted octanol–water partition coefficient (Wildman–Crippen LogP) is 1.35. The summed E-state index contributed by atoms with van der Waals surface area (Å²) in [6.45, 7) is 2.88. The molecule has 0 saturated carbocycles. The number of hydrogen-bond acceptors (Lipinski definition) is 6. The average Bonchev–Trinajstić information content (AvgIpc) is 2.28. The number of carbonyl (C=O) groups is 2. The zero-order chi connectivity index (χ0) is 14.0. The molecular formula is C12H11FN2O4. The Morgan fingerprint density at radius 3 is 2.53 bits per heavy atom. The standard InChI is InChI=1S/C12H11FN2O4/c1-12(2)18-10(16)7(11(17)19-12)5-15-9-3-4-14-6-8(9)13/h3-6H,1-2H3,(H,14,15). The highest BCUT2D eigenvalue weighted by molar-refractivity contribution is 6.15. The van der Waals surface area contributed by atoms with Gasteiger partial charge < -0.3 is 14.8 Å². The Hall–Kier alpha value is -2.44. The Balaban J connectivity index is 2.18. The van der Waals surface area contributed by atoms with E-state index in [0.717, 1.165) is 12.4 Å². The summed E-state index contributed by atoms with van der Waals surface area (Å²) < 4.78 is 23.0. The van der Waals surface area contributed by atoms with Gasteiger partial charge in [-0.1, -0.05) is 0 Å². The fourth-order valence-electron chi connectivity index (χ4n) is 1.42. The lowest BCUT2D eigenvalue weighted by Gasteiger charge is -2.29. The van der Waals surface area contributed by atoms with Gasteiger partial charge in [0.1, 0.15) is 0 Å². The van der Waals surface area contributed by atoms with Gasteiger partial charge in [-0.3, -0.25) is 4.98 Å². The molecule has 1 N–H and O–H groups in total. The van der Waals surface area contributed by atoms with Crippen LogP contribution in [0, 0.1) is 5.82 Å². The quantitative estimate of drug-likeness (QED) is 0.494. The summed E-state index contributed by atoms with van der Waals surface area (Å²) in [4.78, 5) is 26.7. The van der Waals surface area contributed by atoms with Crippen molar-refractivity contribution in [3.63, 3.8) is 0 Å². The number of halogens is 1. The van der Waals surface area contributed by atoms with Crippen LogP contribution in [0.3, 0.4) is 0 Å². The number of nitrogens with one attached hydrogen (secondary N) is 1. The lowest BCUT2D eigenvalue weighted by Crippen LogP contribution is -2.42. The van der Waals surface area contributed by atoms with E-state index in [1.165, 1.54) is 26.1 Å². The number of nitrogens with zero attached hydrogens (tertiary/aromatic N) is 1. The second kappa shape index (κ2) is 4.68. The van der Waals surface area contributed by atoms with Crippen molar-refractivity contribution < 1.29 is 23.5 Å². The van der Waals surface area contributed by atoms with Crippen LogP contribution in [-0.4, -0.2) is 22.7 Å². The molecule has 0 bridgehead atoms. The summed E-state index contributed by atoms with van der Waals surface area (Å²) in [6.07, 6.45) is 3.41. The third kappa shape index (κ3) is 2.87. The van der Waals surface area contributed by atoms with Crippen molar-refractivity contribution in [2.45, 2.75) is 19.6 Å². The first-order valence-electron chi connectivity index (χ1n) is 5.42. The fraction of sp³-hybridized carbons (Fsp3) is 0.250. The largest absolute Gasteiger partial charge is 0.419 e. The highest BCUT2D eigenvalue weighted by Gasteiger charge is 2.38. The van der Waals surface area contributed by atoms with Crippen molar-refractivity contribution in [1.82, 2.24) is 4.98 Å². The molecule has 100 valence electrons. The van der Waals surface area contributed by atoms with Crippen LogP contribution in [0.15, 0.2) is 30.2 Å². The number of rotatable bonds is 2. The molecule has 1 fully saturated rings. The zero-order valence-corrected chi connectivity index (χ0v) is 10.3. The van der Waals surface area contributed by atoms with Crippen LogP contribution in [0.1, 0.15) is 13.8 Å². The molecule has 0 radical (unpaired) electrons. The van der Waals surface area contributed by atoms with E-state index in [4.69, 9.17) is 9.47 Å². The molecule has 6 nitrogen and oxygen atoms in total. The first kappa shape index (κ1) is 13.0. The maximum absolute atomic E-state index is 13.3. The van der Waals surface area contributed by atoms with Gasteiger partial charge in [0.2, 0.25) is 0 Å². The van der Waals surface area contributed by atoms with Crippen molar-refractivity contribution in [3.05, 3.63) is 36.1 Å². The molecule has 19 heavy (non-hydrogen) atoms. The van der Waals surface area contributed by atoms with Crippen LogP contribution in [0.2, 0.25) is 0 Å². The number of ether oxygens (including phenoxy) is 2. The monoisotopic (exact) mass is 266 g/mol. The maximum Gasteiger partial charge on any atom is 0.350 e. The fourth-order valence-corrected chi connectivity index (χ4v) is 1.42. The Kier molecular flexibility index (Phi) is 3.20. The minimum Gasteiger partial charge on any atom is -0.419 e. The molecule has 2 heterocycles. The molecule has 1 aliphatic rings. The predicted molar refractivity (Wildman–Crippen MR) is 62.2 cm³/mol. The third-order valence-electron chi connectivity index (χ3n) is 2.26. The van der Waals surface area contributed by atoms with Gasteiger partial charge in [-0.25, -0.2) is 14.0 Å². The van der Waals surface area contributed by atoms with E-state index in [1.807, 2.05) is 0 Å². The number of hydrogen-bond donors (Lipinski definition) is 1. The summed E-state index contributed by atoms with van der Waals surface area (Å²) in [5.41, 5.74) is -0.261. The Labute approximate surface area is 108 Å². The third-order valence-corrected chi connectivity index (χ3v) is 2.26. The Morgan fingerprint density at radius 1 is 1.32 bits per heavy atom. The average molecular weight is 266 g/mol. The first-order chi connectivity index (χ1) is 8.89. The molecule has 0 aliphatic carbocycles. The van der Waals surface area contributed by atoms with E-state index in [1.54, 1.807) is 0 Å². The van der Waals surface area contributed by atoms with E-state index in [0.29, 0.717) is 0 Å². The summed E-state index contributed by atoms with van der Waals surface area (Å²) >= 11 is 0. The Bertz CT molecular complexity index is 547. The Morgan fingerprint density at radius 2 is 1.95 bits per heavy atom. The van der Waals surface area contributed by atoms with Crippen molar-refractivity contribution in [2.75, 3.05) is 5.32 Å². The molecule has 0 aromatic carbocycles. The molecule has 0 atom stereocenters. The molecule has 7 heteroatoms. The normalized spacial score (nSPS) is 17.5. The van der Waals surface area contributed by atoms with Crippen LogP contribution in [-0.2, 0) is 19.1 Å². The number of aromatic nitrogens is 1. The van der Waals surface area contributed by atoms with E-state index in [2.05, 4.69) is 10.3 Å². The van der Waals surface area contributed by atoms with Crippen LogP contribution >= 0.6 is 0 Å². The number of esters is 2. The SMILES string of the molecule is CC1(C)OC(=O)C(=CNc2ccncc2F)C(=O)O1. The van der Waals surface area contributed by atoms with Gasteiger partial charge >= 0.3 is 11.9 Å². The van der Waals surface area contributed by atoms with Gasteiger partial charge in [-0.05, 0) is 6.07 Å². The molecule has 1 aromatic rings.